The SMILES string of the molecule is CCOc1ccc(N2C(=S)N[C@@H](c3ccccn3)[C@@H]2c2sccc2C)cc1. The third-order valence-electron chi connectivity index (χ3n) is 4.69. The molecule has 27 heavy (non-hydrogen) atoms. The molecule has 2 atom stereocenters. The molecule has 6 heteroatoms. The molecular weight excluding hydrogens is 374 g/mol. The minimum atomic E-state index is 0.00242. The van der Waals surface area contributed by atoms with E-state index in [9.17, 15) is 0 Å². The van der Waals surface area contributed by atoms with Crippen LogP contribution in [0.5, 0.6) is 5.75 Å². The molecule has 0 spiro atoms. The van der Waals surface area contributed by atoms with Gasteiger partial charge in [0.15, 0.2) is 5.11 Å². The van der Waals surface area contributed by atoms with Crippen molar-refractivity contribution in [1.29, 1.82) is 0 Å². The van der Waals surface area contributed by atoms with E-state index in [0.717, 1.165) is 17.1 Å². The summed E-state index contributed by atoms with van der Waals surface area (Å²) in [7, 11) is 0. The number of ether oxygens (including phenoxy) is 1. The molecule has 1 saturated heterocycles. The van der Waals surface area contributed by atoms with Gasteiger partial charge in [0.2, 0.25) is 0 Å². The number of thiocarbonyl (C=S) groups is 1. The second-order valence-corrected chi connectivity index (χ2v) is 7.73. The smallest absolute Gasteiger partial charge is 0.174 e. The van der Waals surface area contributed by atoms with E-state index in [2.05, 4.69) is 51.8 Å². The van der Waals surface area contributed by atoms with Crippen LogP contribution < -0.4 is 15.0 Å². The van der Waals surface area contributed by atoms with Gasteiger partial charge in [0.1, 0.15) is 5.75 Å². The van der Waals surface area contributed by atoms with Crippen molar-refractivity contribution in [3.63, 3.8) is 0 Å². The lowest BCUT2D eigenvalue weighted by atomic mass is 10.0. The number of anilines is 1. The second-order valence-electron chi connectivity index (χ2n) is 6.39. The third kappa shape index (κ3) is 3.42. The molecule has 0 bridgehead atoms. The molecule has 1 fully saturated rings. The molecule has 0 amide bonds. The summed E-state index contributed by atoms with van der Waals surface area (Å²) in [6, 6.07) is 16.4. The second kappa shape index (κ2) is 7.66. The summed E-state index contributed by atoms with van der Waals surface area (Å²) in [6.07, 6.45) is 1.83. The topological polar surface area (TPSA) is 37.4 Å². The first-order valence-electron chi connectivity index (χ1n) is 8.96. The van der Waals surface area contributed by atoms with Crippen molar-refractivity contribution in [3.8, 4) is 5.75 Å². The minimum Gasteiger partial charge on any atom is -0.494 e. The van der Waals surface area contributed by atoms with Gasteiger partial charge in [-0.15, -0.1) is 11.3 Å². The van der Waals surface area contributed by atoms with Crippen LogP contribution in [-0.2, 0) is 0 Å². The van der Waals surface area contributed by atoms with Gasteiger partial charge >= 0.3 is 0 Å². The van der Waals surface area contributed by atoms with Crippen molar-refractivity contribution >= 4 is 34.4 Å². The molecule has 3 aromatic rings. The van der Waals surface area contributed by atoms with Crippen LogP contribution in [0.2, 0.25) is 0 Å². The van der Waals surface area contributed by atoms with Gasteiger partial charge < -0.3 is 15.0 Å². The highest BCUT2D eigenvalue weighted by Crippen LogP contribution is 2.44. The molecule has 0 unspecified atom stereocenters. The molecule has 1 aliphatic rings. The number of pyridine rings is 1. The average Bonchev–Trinajstić information content (AvgIpc) is 3.26. The molecule has 1 aromatic carbocycles. The number of aromatic nitrogens is 1. The fourth-order valence-corrected chi connectivity index (χ4v) is 4.86. The van der Waals surface area contributed by atoms with Crippen LogP contribution in [0.15, 0.2) is 60.1 Å². The Morgan fingerprint density at radius 3 is 2.63 bits per heavy atom. The first-order chi connectivity index (χ1) is 13.2. The van der Waals surface area contributed by atoms with Crippen molar-refractivity contribution < 1.29 is 4.74 Å². The minimum absolute atomic E-state index is 0.00242. The number of nitrogens with one attached hydrogen (secondary N) is 1. The van der Waals surface area contributed by atoms with E-state index in [1.807, 2.05) is 37.4 Å². The Hall–Kier alpha value is -2.44. The van der Waals surface area contributed by atoms with E-state index >= 15 is 0 Å². The first-order valence-corrected chi connectivity index (χ1v) is 10.3. The Balaban J connectivity index is 1.77. The Morgan fingerprint density at radius 2 is 2.00 bits per heavy atom. The maximum atomic E-state index is 5.74. The van der Waals surface area contributed by atoms with Crippen molar-refractivity contribution in [1.82, 2.24) is 10.3 Å². The summed E-state index contributed by atoms with van der Waals surface area (Å²) in [5, 5.41) is 6.35. The lowest BCUT2D eigenvalue weighted by molar-refractivity contribution is 0.340. The Bertz CT molecular complexity index is 924. The van der Waals surface area contributed by atoms with Crippen molar-refractivity contribution in [2.45, 2.75) is 25.9 Å². The van der Waals surface area contributed by atoms with Gasteiger partial charge in [0.25, 0.3) is 0 Å². The highest BCUT2D eigenvalue weighted by Gasteiger charge is 2.41. The van der Waals surface area contributed by atoms with Crippen LogP contribution in [0.4, 0.5) is 5.69 Å². The zero-order valence-electron chi connectivity index (χ0n) is 15.3. The van der Waals surface area contributed by atoms with Gasteiger partial charge in [-0.2, -0.15) is 0 Å². The van der Waals surface area contributed by atoms with Crippen LogP contribution in [-0.4, -0.2) is 16.7 Å². The quantitative estimate of drug-likeness (QED) is 0.614. The fourth-order valence-electron chi connectivity index (χ4n) is 3.46. The summed E-state index contributed by atoms with van der Waals surface area (Å²) < 4.78 is 5.58. The number of aryl methyl sites for hydroxylation is 1. The Labute approximate surface area is 168 Å². The van der Waals surface area contributed by atoms with Crippen LogP contribution in [0.3, 0.4) is 0 Å². The molecule has 138 valence electrons. The van der Waals surface area contributed by atoms with Gasteiger partial charge in [-0.25, -0.2) is 0 Å². The molecule has 0 radical (unpaired) electrons. The summed E-state index contributed by atoms with van der Waals surface area (Å²) in [5.41, 5.74) is 3.31. The summed E-state index contributed by atoms with van der Waals surface area (Å²) >= 11 is 7.50. The van der Waals surface area contributed by atoms with Crippen LogP contribution >= 0.6 is 23.6 Å². The van der Waals surface area contributed by atoms with Gasteiger partial charge in [0, 0.05) is 16.8 Å². The summed E-state index contributed by atoms with van der Waals surface area (Å²) in [5.74, 6) is 0.865. The predicted molar refractivity (Wildman–Crippen MR) is 115 cm³/mol. The zero-order chi connectivity index (χ0) is 18.8. The summed E-state index contributed by atoms with van der Waals surface area (Å²) in [6.45, 7) is 4.79. The standard InChI is InChI=1S/C21H21N3OS2/c1-3-25-16-9-7-15(8-10-16)24-19(20-14(2)11-13-27-20)18(23-21(24)26)17-6-4-5-12-22-17/h4-13,18-19H,3H2,1-2H3,(H,23,26)/t18-,19+/m0/s1. The molecule has 1 N–H and O–H groups in total. The number of rotatable bonds is 5. The maximum Gasteiger partial charge on any atom is 0.174 e. The van der Waals surface area contributed by atoms with E-state index in [1.54, 1.807) is 11.3 Å². The fraction of sp³-hybridized carbons (Fsp3) is 0.238. The van der Waals surface area contributed by atoms with Crippen LogP contribution in [0, 0.1) is 6.92 Å². The maximum absolute atomic E-state index is 5.74. The number of thiophene rings is 1. The molecular formula is C21H21N3OS2. The average molecular weight is 396 g/mol. The molecule has 0 aliphatic carbocycles. The van der Waals surface area contributed by atoms with Crippen LogP contribution in [0.25, 0.3) is 0 Å². The Kier molecular flexibility index (Phi) is 5.09. The first kappa shape index (κ1) is 17.9. The normalized spacial score (nSPS) is 19.2. The van der Waals surface area contributed by atoms with Gasteiger partial charge in [-0.1, -0.05) is 6.07 Å². The van der Waals surface area contributed by atoms with E-state index < -0.39 is 0 Å². The molecule has 4 rings (SSSR count). The zero-order valence-corrected chi connectivity index (χ0v) is 16.9. The van der Waals surface area contributed by atoms with Crippen molar-refractivity contribution in [3.05, 3.63) is 76.2 Å². The van der Waals surface area contributed by atoms with Crippen molar-refractivity contribution in [2.75, 3.05) is 11.5 Å². The monoisotopic (exact) mass is 395 g/mol. The van der Waals surface area contributed by atoms with E-state index in [4.69, 9.17) is 17.0 Å². The van der Waals surface area contributed by atoms with E-state index in [1.165, 1.54) is 10.4 Å². The predicted octanol–water partition coefficient (Wildman–Crippen LogP) is 5.03. The van der Waals surface area contributed by atoms with E-state index in [-0.39, 0.29) is 12.1 Å². The number of hydrogen-bond acceptors (Lipinski definition) is 4. The number of benzene rings is 1. The van der Waals surface area contributed by atoms with Gasteiger partial charge in [-0.05, 0) is 79.5 Å². The molecule has 4 nitrogen and oxygen atoms in total. The summed E-state index contributed by atoms with van der Waals surface area (Å²) in [4.78, 5) is 8.08. The molecule has 2 aromatic heterocycles. The highest BCUT2D eigenvalue weighted by atomic mass is 32.1. The van der Waals surface area contributed by atoms with E-state index in [0.29, 0.717) is 11.7 Å². The number of hydrogen-bond donors (Lipinski definition) is 1. The molecule has 1 aliphatic heterocycles. The lowest BCUT2D eigenvalue weighted by Gasteiger charge is -2.27. The van der Waals surface area contributed by atoms with Crippen LogP contribution in [0.1, 0.15) is 35.1 Å². The number of nitrogens with zero attached hydrogens (tertiary/aromatic N) is 2. The lowest BCUT2D eigenvalue weighted by Crippen LogP contribution is -2.29. The van der Waals surface area contributed by atoms with Gasteiger partial charge in [-0.3, -0.25) is 4.98 Å². The van der Waals surface area contributed by atoms with Crippen molar-refractivity contribution in [2.24, 2.45) is 0 Å². The largest absolute Gasteiger partial charge is 0.494 e. The highest BCUT2D eigenvalue weighted by molar-refractivity contribution is 7.80. The Morgan fingerprint density at radius 1 is 1.19 bits per heavy atom. The molecule has 3 heterocycles. The molecule has 0 saturated carbocycles. The van der Waals surface area contributed by atoms with Gasteiger partial charge in [0.05, 0.1) is 24.4 Å². The third-order valence-corrected chi connectivity index (χ3v) is 6.10.